The third kappa shape index (κ3) is 2.35. The quantitative estimate of drug-likeness (QED) is 0.659. The largest absolute Gasteiger partial charge is 0.384 e. The molecular formula is C10H16N4. The van der Waals surface area contributed by atoms with Crippen LogP contribution in [0.3, 0.4) is 0 Å². The number of rotatable bonds is 3. The van der Waals surface area contributed by atoms with E-state index in [1.54, 1.807) is 6.20 Å². The van der Waals surface area contributed by atoms with Crippen molar-refractivity contribution in [1.29, 1.82) is 0 Å². The van der Waals surface area contributed by atoms with Crippen LogP contribution in [-0.4, -0.2) is 24.6 Å². The van der Waals surface area contributed by atoms with Crippen LogP contribution in [0.25, 0.3) is 0 Å². The van der Waals surface area contributed by atoms with Crippen molar-refractivity contribution in [1.82, 2.24) is 10.3 Å². The zero-order valence-electron chi connectivity index (χ0n) is 8.16. The predicted molar refractivity (Wildman–Crippen MR) is 58.1 cm³/mol. The summed E-state index contributed by atoms with van der Waals surface area (Å²) in [7, 11) is 0. The van der Waals surface area contributed by atoms with Gasteiger partial charge in [-0.1, -0.05) is 0 Å². The first-order chi connectivity index (χ1) is 6.84. The molecule has 0 aromatic carbocycles. The summed E-state index contributed by atoms with van der Waals surface area (Å²) in [5.41, 5.74) is 6.54. The summed E-state index contributed by atoms with van der Waals surface area (Å²) in [5, 5.41) is 6.70. The van der Waals surface area contributed by atoms with E-state index in [4.69, 9.17) is 5.73 Å². The van der Waals surface area contributed by atoms with Crippen LogP contribution in [0.2, 0.25) is 0 Å². The number of nitrogen functional groups attached to an aromatic ring is 1. The van der Waals surface area contributed by atoms with Crippen molar-refractivity contribution in [2.45, 2.75) is 6.42 Å². The number of anilines is 2. The van der Waals surface area contributed by atoms with Crippen LogP contribution in [-0.2, 0) is 0 Å². The Kier molecular flexibility index (Phi) is 2.84. The summed E-state index contributed by atoms with van der Waals surface area (Å²) in [6.07, 6.45) is 3.03. The van der Waals surface area contributed by atoms with Gasteiger partial charge in [-0.3, -0.25) is 0 Å². The van der Waals surface area contributed by atoms with Crippen molar-refractivity contribution in [2.24, 2.45) is 5.92 Å². The minimum absolute atomic E-state index is 0.568. The first kappa shape index (κ1) is 9.27. The fourth-order valence-corrected chi connectivity index (χ4v) is 1.66. The number of nitrogens with two attached hydrogens (primary N) is 1. The minimum Gasteiger partial charge on any atom is -0.384 e. The predicted octanol–water partition coefficient (Wildman–Crippen LogP) is 0.685. The van der Waals surface area contributed by atoms with Crippen molar-refractivity contribution in [2.75, 3.05) is 30.7 Å². The molecule has 1 unspecified atom stereocenters. The van der Waals surface area contributed by atoms with E-state index in [2.05, 4.69) is 15.6 Å². The molecule has 0 amide bonds. The van der Waals surface area contributed by atoms with Crippen molar-refractivity contribution in [3.8, 4) is 0 Å². The number of hydrogen-bond donors (Lipinski definition) is 3. The number of aromatic nitrogens is 1. The Morgan fingerprint density at radius 1 is 1.57 bits per heavy atom. The van der Waals surface area contributed by atoms with Crippen LogP contribution >= 0.6 is 0 Å². The average Bonchev–Trinajstić information content (AvgIpc) is 2.70. The maximum Gasteiger partial charge on any atom is 0.123 e. The Hall–Kier alpha value is -1.29. The fraction of sp³-hybridized carbons (Fsp3) is 0.500. The van der Waals surface area contributed by atoms with E-state index < -0.39 is 0 Å². The molecule has 14 heavy (non-hydrogen) atoms. The fourth-order valence-electron chi connectivity index (χ4n) is 1.66. The molecule has 0 bridgehead atoms. The zero-order chi connectivity index (χ0) is 9.80. The molecule has 4 heteroatoms. The second-order valence-electron chi connectivity index (χ2n) is 3.71. The Morgan fingerprint density at radius 3 is 3.14 bits per heavy atom. The molecule has 2 heterocycles. The summed E-state index contributed by atoms with van der Waals surface area (Å²) < 4.78 is 0. The van der Waals surface area contributed by atoms with E-state index in [0.717, 1.165) is 31.2 Å². The number of pyridine rings is 1. The minimum atomic E-state index is 0.568. The third-order valence-corrected chi connectivity index (χ3v) is 2.54. The van der Waals surface area contributed by atoms with Crippen LogP contribution in [0.1, 0.15) is 6.42 Å². The van der Waals surface area contributed by atoms with Crippen LogP contribution in [0, 0.1) is 5.92 Å². The Balaban J connectivity index is 1.82. The molecule has 1 aliphatic heterocycles. The first-order valence-corrected chi connectivity index (χ1v) is 5.01. The molecular weight excluding hydrogens is 176 g/mol. The van der Waals surface area contributed by atoms with E-state index in [0.29, 0.717) is 5.82 Å². The Labute approximate surface area is 83.9 Å². The van der Waals surface area contributed by atoms with Gasteiger partial charge >= 0.3 is 0 Å². The summed E-state index contributed by atoms with van der Waals surface area (Å²) in [6, 6.07) is 3.78. The van der Waals surface area contributed by atoms with Gasteiger partial charge in [0.15, 0.2) is 0 Å². The van der Waals surface area contributed by atoms with Gasteiger partial charge in [0.25, 0.3) is 0 Å². The SMILES string of the molecule is Nc1ccc(NCC2CCNC2)cn1. The van der Waals surface area contributed by atoms with Gasteiger partial charge < -0.3 is 16.4 Å². The molecule has 1 aromatic heterocycles. The van der Waals surface area contributed by atoms with Crippen LogP contribution in [0.15, 0.2) is 18.3 Å². The van der Waals surface area contributed by atoms with Gasteiger partial charge in [-0.25, -0.2) is 4.98 Å². The van der Waals surface area contributed by atoms with E-state index in [-0.39, 0.29) is 0 Å². The molecule has 4 N–H and O–H groups in total. The molecule has 2 rings (SSSR count). The highest BCUT2D eigenvalue weighted by Crippen LogP contribution is 2.11. The summed E-state index contributed by atoms with van der Waals surface area (Å²) >= 11 is 0. The molecule has 0 spiro atoms. The molecule has 0 saturated carbocycles. The summed E-state index contributed by atoms with van der Waals surface area (Å²) in [6.45, 7) is 3.28. The molecule has 1 aromatic rings. The normalized spacial score (nSPS) is 21.0. The maximum atomic E-state index is 5.50. The molecule has 1 atom stereocenters. The highest BCUT2D eigenvalue weighted by atomic mass is 15.0. The Morgan fingerprint density at radius 2 is 2.50 bits per heavy atom. The van der Waals surface area contributed by atoms with Crippen molar-refractivity contribution >= 4 is 11.5 Å². The lowest BCUT2D eigenvalue weighted by Crippen LogP contribution is -2.17. The van der Waals surface area contributed by atoms with Crippen LogP contribution < -0.4 is 16.4 Å². The lowest BCUT2D eigenvalue weighted by atomic mass is 10.1. The van der Waals surface area contributed by atoms with Gasteiger partial charge in [0.05, 0.1) is 11.9 Å². The van der Waals surface area contributed by atoms with Gasteiger partial charge in [-0.15, -0.1) is 0 Å². The second-order valence-corrected chi connectivity index (χ2v) is 3.71. The molecule has 4 nitrogen and oxygen atoms in total. The van der Waals surface area contributed by atoms with Crippen molar-refractivity contribution in [3.05, 3.63) is 18.3 Å². The second kappa shape index (κ2) is 4.28. The summed E-state index contributed by atoms with van der Waals surface area (Å²) in [5.74, 6) is 1.31. The van der Waals surface area contributed by atoms with Gasteiger partial charge in [0.1, 0.15) is 5.82 Å². The van der Waals surface area contributed by atoms with E-state index in [1.807, 2.05) is 12.1 Å². The Bertz CT molecular complexity index is 277. The molecule has 1 aliphatic rings. The van der Waals surface area contributed by atoms with Crippen LogP contribution in [0.5, 0.6) is 0 Å². The monoisotopic (exact) mass is 192 g/mol. The molecule has 76 valence electrons. The standard InChI is InChI=1S/C10H16N4/c11-10-2-1-9(7-14-10)13-6-8-3-4-12-5-8/h1-2,7-8,12-13H,3-6H2,(H2,11,14). The van der Waals surface area contributed by atoms with Gasteiger partial charge in [0.2, 0.25) is 0 Å². The lowest BCUT2D eigenvalue weighted by molar-refractivity contribution is 0.615. The molecule has 0 aliphatic carbocycles. The summed E-state index contributed by atoms with van der Waals surface area (Å²) in [4.78, 5) is 4.02. The topological polar surface area (TPSA) is 63.0 Å². The maximum absolute atomic E-state index is 5.50. The zero-order valence-corrected chi connectivity index (χ0v) is 8.16. The first-order valence-electron chi connectivity index (χ1n) is 5.01. The van der Waals surface area contributed by atoms with Gasteiger partial charge in [0, 0.05) is 6.54 Å². The van der Waals surface area contributed by atoms with E-state index >= 15 is 0 Å². The number of nitrogens with one attached hydrogen (secondary N) is 2. The smallest absolute Gasteiger partial charge is 0.123 e. The van der Waals surface area contributed by atoms with Gasteiger partial charge in [-0.05, 0) is 37.6 Å². The van der Waals surface area contributed by atoms with Gasteiger partial charge in [-0.2, -0.15) is 0 Å². The third-order valence-electron chi connectivity index (χ3n) is 2.54. The molecule has 1 fully saturated rings. The molecule has 1 saturated heterocycles. The van der Waals surface area contributed by atoms with Crippen molar-refractivity contribution < 1.29 is 0 Å². The van der Waals surface area contributed by atoms with E-state index in [1.165, 1.54) is 6.42 Å². The lowest BCUT2D eigenvalue weighted by Gasteiger charge is -2.10. The van der Waals surface area contributed by atoms with Crippen LogP contribution in [0.4, 0.5) is 11.5 Å². The highest BCUT2D eigenvalue weighted by molar-refractivity contribution is 5.45. The molecule has 0 radical (unpaired) electrons. The van der Waals surface area contributed by atoms with E-state index in [9.17, 15) is 0 Å². The highest BCUT2D eigenvalue weighted by Gasteiger charge is 2.13. The number of hydrogen-bond acceptors (Lipinski definition) is 4. The van der Waals surface area contributed by atoms with Crippen molar-refractivity contribution in [3.63, 3.8) is 0 Å². The number of nitrogens with zero attached hydrogens (tertiary/aromatic N) is 1. The average molecular weight is 192 g/mol.